The first-order valence-corrected chi connectivity index (χ1v) is 13.3. The molecule has 0 aliphatic carbocycles. The van der Waals surface area contributed by atoms with Crippen LogP contribution in [0.2, 0.25) is 0 Å². The molecule has 1 aromatic carbocycles. The second kappa shape index (κ2) is 8.12. The second-order valence-electron chi connectivity index (χ2n) is 9.13. The van der Waals surface area contributed by atoms with Crippen LogP contribution in [0.1, 0.15) is 25.5 Å². The molecule has 2 aliphatic heterocycles. The number of nitrogens with zero attached hydrogens (tertiary/aromatic N) is 4. The topological polar surface area (TPSA) is 123 Å². The van der Waals surface area contributed by atoms with E-state index in [0.717, 1.165) is 42.9 Å². The fraction of sp³-hybridized carbons (Fsp3) is 0.375. The van der Waals surface area contributed by atoms with Gasteiger partial charge in [0.05, 0.1) is 10.6 Å². The van der Waals surface area contributed by atoms with E-state index in [1.807, 2.05) is 28.6 Å². The summed E-state index contributed by atoms with van der Waals surface area (Å²) in [6, 6.07) is 10.7. The summed E-state index contributed by atoms with van der Waals surface area (Å²) in [5.41, 5.74) is 10.2. The number of rotatable bonds is 4. The zero-order chi connectivity index (χ0) is 24.1. The molecule has 5 rings (SSSR count). The van der Waals surface area contributed by atoms with Gasteiger partial charge in [0, 0.05) is 60.9 Å². The lowest BCUT2D eigenvalue weighted by molar-refractivity contribution is 0.206. The molecule has 3 aromatic rings. The summed E-state index contributed by atoms with van der Waals surface area (Å²) in [5, 5.41) is 7.72. The van der Waals surface area contributed by atoms with E-state index in [2.05, 4.69) is 16.4 Å². The highest BCUT2D eigenvalue weighted by Gasteiger charge is 2.46. The fourth-order valence-electron chi connectivity index (χ4n) is 5.07. The van der Waals surface area contributed by atoms with Crippen molar-refractivity contribution in [2.75, 3.05) is 31.6 Å². The number of sulfone groups is 1. The highest BCUT2D eigenvalue weighted by Crippen LogP contribution is 2.44. The summed E-state index contributed by atoms with van der Waals surface area (Å²) in [6.45, 7) is 4.77. The maximum Gasteiger partial charge on any atom is 0.317 e. The van der Waals surface area contributed by atoms with Gasteiger partial charge in [0.2, 0.25) is 0 Å². The molecule has 3 N–H and O–H groups in total. The first-order chi connectivity index (χ1) is 16.2. The number of hydrogen-bond acceptors (Lipinski definition) is 6. The van der Waals surface area contributed by atoms with Gasteiger partial charge in [-0.1, -0.05) is 12.1 Å². The Bertz CT molecular complexity index is 1380. The molecule has 178 valence electrons. The largest absolute Gasteiger partial charge is 0.383 e. The van der Waals surface area contributed by atoms with Crippen molar-refractivity contribution in [2.45, 2.75) is 36.6 Å². The number of aromatic nitrogens is 3. The Labute approximate surface area is 198 Å². The molecule has 0 radical (unpaired) electrons. The standard InChI is InChI=1S/C24H28N6O3S/c1-3-26-23(31)29-9-7-24(15-29)8-10-30-21(24)13-20(28-30)17-12-19(22(25)27-14-17)16-5-4-6-18(11-16)34(2,32)33/h4-6,11-14H,3,7-10,15H2,1-2H3,(H2,25,27)(H,26,31). The minimum atomic E-state index is -3.34. The van der Waals surface area contributed by atoms with Gasteiger partial charge in [-0.3, -0.25) is 4.68 Å². The lowest BCUT2D eigenvalue weighted by Gasteiger charge is -2.23. The number of likely N-dealkylation sites (tertiary alicyclic amines) is 1. The van der Waals surface area contributed by atoms with Gasteiger partial charge in [-0.05, 0) is 49.6 Å². The quantitative estimate of drug-likeness (QED) is 0.592. The molecule has 1 atom stereocenters. The van der Waals surface area contributed by atoms with Gasteiger partial charge in [-0.15, -0.1) is 0 Å². The Morgan fingerprint density at radius 2 is 1.97 bits per heavy atom. The van der Waals surface area contributed by atoms with Gasteiger partial charge < -0.3 is 16.0 Å². The third-order valence-electron chi connectivity index (χ3n) is 6.88. The average molecular weight is 481 g/mol. The van der Waals surface area contributed by atoms with E-state index in [4.69, 9.17) is 10.8 Å². The molecule has 2 amide bonds. The van der Waals surface area contributed by atoms with Crippen molar-refractivity contribution in [1.82, 2.24) is 25.0 Å². The van der Waals surface area contributed by atoms with Crippen molar-refractivity contribution in [2.24, 2.45) is 0 Å². The van der Waals surface area contributed by atoms with Crippen LogP contribution in [0.15, 0.2) is 47.5 Å². The predicted molar refractivity (Wildman–Crippen MR) is 130 cm³/mol. The first kappa shape index (κ1) is 22.4. The van der Waals surface area contributed by atoms with Gasteiger partial charge in [0.15, 0.2) is 9.84 Å². The van der Waals surface area contributed by atoms with Crippen LogP contribution in [0, 0.1) is 0 Å². The molecule has 34 heavy (non-hydrogen) atoms. The fourth-order valence-corrected chi connectivity index (χ4v) is 5.73. The van der Waals surface area contributed by atoms with Crippen molar-refractivity contribution in [3.8, 4) is 22.4 Å². The number of aryl methyl sites for hydroxylation is 1. The Kier molecular flexibility index (Phi) is 5.35. The zero-order valence-corrected chi connectivity index (χ0v) is 20.1. The van der Waals surface area contributed by atoms with Crippen molar-refractivity contribution >= 4 is 21.7 Å². The van der Waals surface area contributed by atoms with Gasteiger partial charge in [0.25, 0.3) is 0 Å². The summed E-state index contributed by atoms with van der Waals surface area (Å²) >= 11 is 0. The van der Waals surface area contributed by atoms with Crippen LogP contribution >= 0.6 is 0 Å². The number of carbonyl (C=O) groups excluding carboxylic acids is 1. The SMILES string of the molecule is CCNC(=O)N1CCC2(CCn3nc(-c4cnc(N)c(-c5cccc(S(C)(=O)=O)c5)c4)cc32)C1. The molecule has 2 aliphatic rings. The van der Waals surface area contributed by atoms with E-state index >= 15 is 0 Å². The second-order valence-corrected chi connectivity index (χ2v) is 11.1. The molecule has 1 fully saturated rings. The monoisotopic (exact) mass is 480 g/mol. The number of urea groups is 1. The smallest absolute Gasteiger partial charge is 0.317 e. The Balaban J connectivity index is 1.48. The minimum absolute atomic E-state index is 0.0127. The molecular formula is C24H28N6O3S. The number of nitrogens with one attached hydrogen (secondary N) is 1. The Morgan fingerprint density at radius 1 is 1.18 bits per heavy atom. The van der Waals surface area contributed by atoms with Crippen molar-refractivity contribution in [1.29, 1.82) is 0 Å². The van der Waals surface area contributed by atoms with Crippen LogP contribution in [0.4, 0.5) is 10.6 Å². The lowest BCUT2D eigenvalue weighted by Crippen LogP contribution is -2.40. The number of amides is 2. The summed E-state index contributed by atoms with van der Waals surface area (Å²) in [6.07, 6.45) is 4.76. The molecule has 1 spiro atoms. The van der Waals surface area contributed by atoms with Gasteiger partial charge >= 0.3 is 6.03 Å². The van der Waals surface area contributed by atoms with E-state index in [1.54, 1.807) is 24.4 Å². The van der Waals surface area contributed by atoms with Gasteiger partial charge in [-0.2, -0.15) is 5.10 Å². The first-order valence-electron chi connectivity index (χ1n) is 11.4. The molecule has 1 saturated heterocycles. The Morgan fingerprint density at radius 3 is 2.74 bits per heavy atom. The third kappa shape index (κ3) is 3.81. The Hall–Kier alpha value is -3.40. The summed E-state index contributed by atoms with van der Waals surface area (Å²) in [7, 11) is -3.34. The number of hydrogen-bond donors (Lipinski definition) is 2. The molecule has 4 heterocycles. The van der Waals surface area contributed by atoms with Crippen LogP contribution in [0.5, 0.6) is 0 Å². The van der Waals surface area contributed by atoms with Crippen LogP contribution in [0.25, 0.3) is 22.4 Å². The molecular weight excluding hydrogens is 452 g/mol. The molecule has 1 unspecified atom stereocenters. The highest BCUT2D eigenvalue weighted by molar-refractivity contribution is 7.90. The summed E-state index contributed by atoms with van der Waals surface area (Å²) in [4.78, 5) is 18.8. The predicted octanol–water partition coefficient (Wildman–Crippen LogP) is 2.67. The van der Waals surface area contributed by atoms with E-state index < -0.39 is 9.84 Å². The molecule has 2 aromatic heterocycles. The third-order valence-corrected chi connectivity index (χ3v) is 7.99. The number of nitrogens with two attached hydrogens (primary N) is 1. The average Bonchev–Trinajstić information content (AvgIpc) is 3.51. The number of anilines is 1. The van der Waals surface area contributed by atoms with E-state index in [-0.39, 0.29) is 16.3 Å². The minimum Gasteiger partial charge on any atom is -0.383 e. The van der Waals surface area contributed by atoms with E-state index in [9.17, 15) is 13.2 Å². The molecule has 9 nitrogen and oxygen atoms in total. The molecule has 10 heteroatoms. The number of nitrogen functional groups attached to an aromatic ring is 1. The van der Waals surface area contributed by atoms with Gasteiger partial charge in [0.1, 0.15) is 5.82 Å². The van der Waals surface area contributed by atoms with Gasteiger partial charge in [-0.25, -0.2) is 18.2 Å². The number of benzene rings is 1. The molecule has 0 saturated carbocycles. The van der Waals surface area contributed by atoms with Crippen LogP contribution in [-0.4, -0.2) is 60.0 Å². The van der Waals surface area contributed by atoms with Crippen molar-refractivity contribution in [3.05, 3.63) is 48.3 Å². The van der Waals surface area contributed by atoms with Crippen molar-refractivity contribution < 1.29 is 13.2 Å². The van der Waals surface area contributed by atoms with E-state index in [1.165, 1.54) is 6.26 Å². The number of carbonyl (C=O) groups is 1. The zero-order valence-electron chi connectivity index (χ0n) is 19.3. The van der Waals surface area contributed by atoms with Crippen LogP contribution in [-0.2, 0) is 21.8 Å². The molecule has 0 bridgehead atoms. The van der Waals surface area contributed by atoms with Crippen LogP contribution < -0.4 is 11.1 Å². The highest BCUT2D eigenvalue weighted by atomic mass is 32.2. The van der Waals surface area contributed by atoms with Crippen LogP contribution in [0.3, 0.4) is 0 Å². The number of fused-ring (bicyclic) bond motifs is 2. The summed E-state index contributed by atoms with van der Waals surface area (Å²) < 4.78 is 26.1. The normalized spacial score (nSPS) is 19.5. The summed E-state index contributed by atoms with van der Waals surface area (Å²) in [5.74, 6) is 0.325. The van der Waals surface area contributed by atoms with Crippen molar-refractivity contribution in [3.63, 3.8) is 0 Å². The van der Waals surface area contributed by atoms with E-state index in [0.29, 0.717) is 30.0 Å². The maximum atomic E-state index is 12.3. The maximum absolute atomic E-state index is 12.3. The number of pyridine rings is 1. The lowest BCUT2D eigenvalue weighted by atomic mass is 9.82.